The van der Waals surface area contributed by atoms with E-state index in [4.69, 9.17) is 9.84 Å². The molecule has 0 aliphatic heterocycles. The summed E-state index contributed by atoms with van der Waals surface area (Å²) >= 11 is 0. The number of benzene rings is 3. The fourth-order valence-corrected chi connectivity index (χ4v) is 2.25. The summed E-state index contributed by atoms with van der Waals surface area (Å²) in [6, 6.07) is 17.6. The van der Waals surface area contributed by atoms with Crippen molar-refractivity contribution in [3.63, 3.8) is 0 Å². The lowest BCUT2D eigenvalue weighted by molar-refractivity contribution is -0.139. The van der Waals surface area contributed by atoms with E-state index in [9.17, 15) is 9.90 Å². The molecule has 0 amide bonds. The number of fused-ring (bicyclic) bond motifs is 1. The van der Waals surface area contributed by atoms with Crippen molar-refractivity contribution < 1.29 is 19.7 Å². The number of para-hydroxylation sites is 1. The summed E-state index contributed by atoms with van der Waals surface area (Å²) in [6.07, 6.45) is 0. The molecule has 0 spiro atoms. The SMILES string of the molecule is O=C(O)COc1ccccc1N=Nc1c(O)ccc2ccccc12. The van der Waals surface area contributed by atoms with Gasteiger partial charge in [-0.3, -0.25) is 0 Å². The quantitative estimate of drug-likeness (QED) is 0.680. The molecule has 6 nitrogen and oxygen atoms in total. The summed E-state index contributed by atoms with van der Waals surface area (Å²) in [5, 5.41) is 28.7. The lowest BCUT2D eigenvalue weighted by atomic mass is 10.1. The highest BCUT2D eigenvalue weighted by Crippen LogP contribution is 2.37. The number of aliphatic carboxylic acids is 1. The molecular formula is C18H14N2O4. The molecule has 0 bridgehead atoms. The van der Waals surface area contributed by atoms with Crippen molar-refractivity contribution in [2.24, 2.45) is 10.2 Å². The number of nitrogens with zero attached hydrogens (tertiary/aromatic N) is 2. The standard InChI is InChI=1S/C18H14N2O4/c21-15-10-9-12-5-1-2-6-13(12)18(15)20-19-14-7-3-4-8-16(14)24-11-17(22)23/h1-10,21H,11H2,(H,22,23). The van der Waals surface area contributed by atoms with Crippen molar-refractivity contribution in [3.05, 3.63) is 60.7 Å². The smallest absolute Gasteiger partial charge is 0.341 e. The van der Waals surface area contributed by atoms with Crippen molar-refractivity contribution in [1.29, 1.82) is 0 Å². The highest BCUT2D eigenvalue weighted by molar-refractivity contribution is 5.95. The third-order valence-electron chi connectivity index (χ3n) is 3.35. The van der Waals surface area contributed by atoms with Crippen molar-refractivity contribution in [2.75, 3.05) is 6.61 Å². The maximum Gasteiger partial charge on any atom is 0.341 e. The molecule has 120 valence electrons. The van der Waals surface area contributed by atoms with Gasteiger partial charge in [-0.15, -0.1) is 10.2 Å². The van der Waals surface area contributed by atoms with E-state index >= 15 is 0 Å². The molecule has 24 heavy (non-hydrogen) atoms. The van der Waals surface area contributed by atoms with E-state index in [0.29, 0.717) is 17.1 Å². The average Bonchev–Trinajstić information content (AvgIpc) is 2.60. The summed E-state index contributed by atoms with van der Waals surface area (Å²) < 4.78 is 5.19. The van der Waals surface area contributed by atoms with Crippen LogP contribution in [0.1, 0.15) is 0 Å². The van der Waals surface area contributed by atoms with Gasteiger partial charge in [0.2, 0.25) is 0 Å². The van der Waals surface area contributed by atoms with Crippen LogP contribution in [0.25, 0.3) is 10.8 Å². The zero-order valence-corrected chi connectivity index (χ0v) is 12.6. The predicted molar refractivity (Wildman–Crippen MR) is 89.4 cm³/mol. The Kier molecular flexibility index (Phi) is 4.38. The summed E-state index contributed by atoms with van der Waals surface area (Å²) in [7, 11) is 0. The second kappa shape index (κ2) is 6.78. The minimum absolute atomic E-state index is 0.0152. The largest absolute Gasteiger partial charge is 0.506 e. The molecular weight excluding hydrogens is 308 g/mol. The third-order valence-corrected chi connectivity index (χ3v) is 3.35. The molecule has 0 saturated heterocycles. The number of hydrogen-bond donors (Lipinski definition) is 2. The van der Waals surface area contributed by atoms with Crippen LogP contribution in [-0.2, 0) is 4.79 Å². The van der Waals surface area contributed by atoms with Crippen LogP contribution in [0.3, 0.4) is 0 Å². The first kappa shape index (κ1) is 15.5. The highest BCUT2D eigenvalue weighted by atomic mass is 16.5. The number of rotatable bonds is 5. The Hall–Kier alpha value is -3.41. The molecule has 2 N–H and O–H groups in total. The lowest BCUT2D eigenvalue weighted by Crippen LogP contribution is -2.09. The minimum Gasteiger partial charge on any atom is -0.506 e. The van der Waals surface area contributed by atoms with Gasteiger partial charge in [-0.2, -0.15) is 0 Å². The van der Waals surface area contributed by atoms with Crippen LogP contribution in [-0.4, -0.2) is 22.8 Å². The van der Waals surface area contributed by atoms with Gasteiger partial charge in [0.1, 0.15) is 22.9 Å². The molecule has 0 saturated carbocycles. The average molecular weight is 322 g/mol. The Balaban J connectivity index is 1.97. The van der Waals surface area contributed by atoms with Gasteiger partial charge in [-0.1, -0.05) is 42.5 Å². The number of carbonyl (C=O) groups is 1. The van der Waals surface area contributed by atoms with Crippen LogP contribution in [0.4, 0.5) is 11.4 Å². The number of hydrogen-bond acceptors (Lipinski definition) is 5. The van der Waals surface area contributed by atoms with E-state index < -0.39 is 12.6 Å². The Labute approximate surface area is 137 Å². The van der Waals surface area contributed by atoms with E-state index in [1.807, 2.05) is 24.3 Å². The predicted octanol–water partition coefficient (Wildman–Crippen LogP) is 4.42. The molecule has 0 unspecified atom stereocenters. The molecule has 0 heterocycles. The van der Waals surface area contributed by atoms with E-state index in [0.717, 1.165) is 10.8 Å². The van der Waals surface area contributed by atoms with Gasteiger partial charge < -0.3 is 14.9 Å². The van der Waals surface area contributed by atoms with E-state index in [2.05, 4.69) is 10.2 Å². The van der Waals surface area contributed by atoms with Crippen molar-refractivity contribution in [3.8, 4) is 11.5 Å². The second-order valence-corrected chi connectivity index (χ2v) is 5.00. The summed E-state index contributed by atoms with van der Waals surface area (Å²) in [5.41, 5.74) is 0.729. The number of carboxylic acids is 1. The normalized spacial score (nSPS) is 11.0. The molecule has 0 aromatic heterocycles. The van der Waals surface area contributed by atoms with Crippen LogP contribution in [0, 0.1) is 0 Å². The van der Waals surface area contributed by atoms with Crippen molar-refractivity contribution in [2.45, 2.75) is 0 Å². The molecule has 0 aliphatic rings. The van der Waals surface area contributed by atoms with Crippen LogP contribution in [0.15, 0.2) is 70.9 Å². The Morgan fingerprint density at radius 1 is 0.958 bits per heavy atom. The van der Waals surface area contributed by atoms with Gasteiger partial charge in [0.25, 0.3) is 0 Å². The molecule has 3 aromatic carbocycles. The van der Waals surface area contributed by atoms with Gasteiger partial charge in [0, 0.05) is 5.39 Å². The Morgan fingerprint density at radius 2 is 1.71 bits per heavy atom. The maximum absolute atomic E-state index is 10.6. The van der Waals surface area contributed by atoms with Gasteiger partial charge in [0.05, 0.1) is 0 Å². The number of phenols is 1. The summed E-state index contributed by atoms with van der Waals surface area (Å²) in [5.74, 6) is -0.752. The second-order valence-electron chi connectivity index (χ2n) is 5.00. The van der Waals surface area contributed by atoms with Gasteiger partial charge >= 0.3 is 5.97 Å². The molecule has 0 radical (unpaired) electrons. The van der Waals surface area contributed by atoms with Crippen molar-refractivity contribution >= 4 is 28.1 Å². The Morgan fingerprint density at radius 3 is 2.54 bits per heavy atom. The molecule has 3 rings (SSSR count). The zero-order valence-electron chi connectivity index (χ0n) is 12.6. The number of aromatic hydroxyl groups is 1. The van der Waals surface area contributed by atoms with Gasteiger partial charge in [-0.05, 0) is 23.6 Å². The fraction of sp³-hybridized carbons (Fsp3) is 0.0556. The highest BCUT2D eigenvalue weighted by Gasteiger charge is 2.08. The van der Waals surface area contributed by atoms with Crippen LogP contribution < -0.4 is 4.74 Å². The first-order valence-corrected chi connectivity index (χ1v) is 7.21. The number of carboxylic acid groups (broad SMARTS) is 1. The summed E-state index contributed by atoms with van der Waals surface area (Å²) in [4.78, 5) is 10.6. The van der Waals surface area contributed by atoms with E-state index in [1.165, 1.54) is 0 Å². The number of ether oxygens (including phenoxy) is 1. The number of phenolic OH excluding ortho intramolecular Hbond substituents is 1. The van der Waals surface area contributed by atoms with Crippen LogP contribution >= 0.6 is 0 Å². The van der Waals surface area contributed by atoms with Gasteiger partial charge in [0.15, 0.2) is 6.61 Å². The van der Waals surface area contributed by atoms with E-state index in [1.54, 1.807) is 36.4 Å². The minimum atomic E-state index is -1.08. The summed E-state index contributed by atoms with van der Waals surface area (Å²) in [6.45, 7) is -0.466. The first-order chi connectivity index (χ1) is 11.6. The molecule has 0 atom stereocenters. The molecule has 0 aliphatic carbocycles. The topological polar surface area (TPSA) is 91.5 Å². The number of azo groups is 1. The fourth-order valence-electron chi connectivity index (χ4n) is 2.25. The third kappa shape index (κ3) is 3.33. The molecule has 6 heteroatoms. The maximum atomic E-state index is 10.6. The van der Waals surface area contributed by atoms with Gasteiger partial charge in [-0.25, -0.2) is 4.79 Å². The zero-order chi connectivity index (χ0) is 16.9. The van der Waals surface area contributed by atoms with Crippen LogP contribution in [0.2, 0.25) is 0 Å². The Bertz CT molecular complexity index is 922. The lowest BCUT2D eigenvalue weighted by Gasteiger charge is -2.06. The monoisotopic (exact) mass is 322 g/mol. The van der Waals surface area contributed by atoms with Crippen LogP contribution in [0.5, 0.6) is 11.5 Å². The van der Waals surface area contributed by atoms with Crippen molar-refractivity contribution in [1.82, 2.24) is 0 Å². The van der Waals surface area contributed by atoms with E-state index in [-0.39, 0.29) is 5.75 Å². The first-order valence-electron chi connectivity index (χ1n) is 7.21. The molecule has 0 fully saturated rings. The molecule has 3 aromatic rings.